The molecule has 1 saturated carbocycles. The standard InChI is InChI=1S/C15H27N3O3/c1-3-18(12(2)10-14(19)20)15(21)17-8-6-16(7-9-17)11-13-4-5-13/h12-13H,3-11H2,1-2H3,(H,19,20). The number of carbonyl (C=O) groups excluding carboxylic acids is 1. The zero-order valence-corrected chi connectivity index (χ0v) is 13.1. The summed E-state index contributed by atoms with van der Waals surface area (Å²) in [6, 6.07) is -0.276. The molecule has 1 atom stereocenters. The maximum atomic E-state index is 12.5. The van der Waals surface area contributed by atoms with E-state index in [1.165, 1.54) is 19.4 Å². The Hall–Kier alpha value is -1.30. The zero-order chi connectivity index (χ0) is 15.4. The fourth-order valence-electron chi connectivity index (χ4n) is 2.97. The van der Waals surface area contributed by atoms with Crippen molar-refractivity contribution in [3.05, 3.63) is 0 Å². The van der Waals surface area contributed by atoms with Gasteiger partial charge in [0, 0.05) is 45.3 Å². The van der Waals surface area contributed by atoms with E-state index < -0.39 is 5.97 Å². The normalized spacial score (nSPS) is 21.1. The summed E-state index contributed by atoms with van der Waals surface area (Å²) >= 11 is 0. The Bertz CT molecular complexity index is 376. The van der Waals surface area contributed by atoms with Crippen molar-refractivity contribution in [1.29, 1.82) is 0 Å². The van der Waals surface area contributed by atoms with Gasteiger partial charge in [0.1, 0.15) is 0 Å². The van der Waals surface area contributed by atoms with E-state index in [2.05, 4.69) is 4.90 Å². The number of hydrogen-bond donors (Lipinski definition) is 1. The lowest BCUT2D eigenvalue weighted by Crippen LogP contribution is -2.54. The molecule has 1 aliphatic carbocycles. The Morgan fingerprint density at radius 1 is 1.24 bits per heavy atom. The minimum Gasteiger partial charge on any atom is -0.481 e. The summed E-state index contributed by atoms with van der Waals surface area (Å²) in [5.74, 6) is 0.0259. The molecule has 0 bridgehead atoms. The van der Waals surface area contributed by atoms with E-state index in [1.54, 1.807) is 11.8 Å². The first-order chi connectivity index (χ1) is 10.0. The van der Waals surface area contributed by atoms with E-state index in [9.17, 15) is 9.59 Å². The first-order valence-electron chi connectivity index (χ1n) is 8.01. The molecule has 2 fully saturated rings. The molecular formula is C15H27N3O3. The molecule has 0 aromatic rings. The number of amides is 2. The van der Waals surface area contributed by atoms with Gasteiger partial charge in [0.05, 0.1) is 6.42 Å². The maximum Gasteiger partial charge on any atom is 0.320 e. The maximum absolute atomic E-state index is 12.5. The van der Waals surface area contributed by atoms with Crippen molar-refractivity contribution in [2.75, 3.05) is 39.3 Å². The number of hydrogen-bond acceptors (Lipinski definition) is 3. The van der Waals surface area contributed by atoms with Gasteiger partial charge in [0.2, 0.25) is 0 Å². The van der Waals surface area contributed by atoms with Crippen LogP contribution in [0, 0.1) is 5.92 Å². The van der Waals surface area contributed by atoms with Crippen molar-refractivity contribution in [2.24, 2.45) is 5.92 Å². The molecular weight excluding hydrogens is 270 g/mol. The molecule has 1 aliphatic heterocycles. The lowest BCUT2D eigenvalue weighted by molar-refractivity contribution is -0.138. The van der Waals surface area contributed by atoms with Gasteiger partial charge in [-0.05, 0) is 32.6 Å². The third-order valence-electron chi connectivity index (χ3n) is 4.44. The van der Waals surface area contributed by atoms with Crippen molar-refractivity contribution in [3.63, 3.8) is 0 Å². The quantitative estimate of drug-likeness (QED) is 0.803. The number of aliphatic carboxylic acids is 1. The molecule has 0 aromatic heterocycles. The Kier molecular flexibility index (Phi) is 5.45. The van der Waals surface area contributed by atoms with Crippen LogP contribution in [-0.4, -0.2) is 77.1 Å². The number of nitrogens with zero attached hydrogens (tertiary/aromatic N) is 3. The van der Waals surface area contributed by atoms with E-state index >= 15 is 0 Å². The Morgan fingerprint density at radius 2 is 1.86 bits per heavy atom. The summed E-state index contributed by atoms with van der Waals surface area (Å²) in [5, 5.41) is 8.89. The second-order valence-electron chi connectivity index (χ2n) is 6.25. The average Bonchev–Trinajstić information content (AvgIpc) is 3.23. The second-order valence-corrected chi connectivity index (χ2v) is 6.25. The predicted molar refractivity (Wildman–Crippen MR) is 80.2 cm³/mol. The van der Waals surface area contributed by atoms with Gasteiger partial charge >= 0.3 is 12.0 Å². The van der Waals surface area contributed by atoms with Crippen LogP contribution < -0.4 is 0 Å². The lowest BCUT2D eigenvalue weighted by atomic mass is 10.2. The van der Waals surface area contributed by atoms with Gasteiger partial charge in [-0.15, -0.1) is 0 Å². The third kappa shape index (κ3) is 4.59. The summed E-state index contributed by atoms with van der Waals surface area (Å²) in [6.45, 7) is 8.81. The SMILES string of the molecule is CCN(C(=O)N1CCN(CC2CC2)CC1)C(C)CC(=O)O. The lowest BCUT2D eigenvalue weighted by Gasteiger charge is -2.39. The van der Waals surface area contributed by atoms with Gasteiger partial charge < -0.3 is 14.9 Å². The number of rotatable bonds is 6. The number of urea groups is 1. The molecule has 120 valence electrons. The van der Waals surface area contributed by atoms with E-state index in [0.29, 0.717) is 6.54 Å². The Balaban J connectivity index is 1.82. The number of carboxylic acid groups (broad SMARTS) is 1. The fraction of sp³-hybridized carbons (Fsp3) is 0.867. The van der Waals surface area contributed by atoms with Crippen molar-refractivity contribution in [2.45, 2.75) is 39.2 Å². The van der Waals surface area contributed by atoms with Crippen LogP contribution in [0.25, 0.3) is 0 Å². The first kappa shape index (κ1) is 16.1. The van der Waals surface area contributed by atoms with Crippen LogP contribution >= 0.6 is 0 Å². The third-order valence-corrected chi connectivity index (χ3v) is 4.44. The van der Waals surface area contributed by atoms with Crippen molar-refractivity contribution >= 4 is 12.0 Å². The van der Waals surface area contributed by atoms with Crippen LogP contribution in [-0.2, 0) is 4.79 Å². The van der Waals surface area contributed by atoms with Crippen LogP contribution in [0.2, 0.25) is 0 Å². The number of carboxylic acids is 1. The second kappa shape index (κ2) is 7.11. The highest BCUT2D eigenvalue weighted by molar-refractivity contribution is 5.76. The average molecular weight is 297 g/mol. The summed E-state index contributed by atoms with van der Waals surface area (Å²) in [6.07, 6.45) is 2.71. The van der Waals surface area contributed by atoms with E-state index in [1.807, 2.05) is 11.8 Å². The topological polar surface area (TPSA) is 64.1 Å². The molecule has 2 amide bonds. The molecule has 21 heavy (non-hydrogen) atoms. The van der Waals surface area contributed by atoms with E-state index in [0.717, 1.165) is 32.1 Å². The minimum atomic E-state index is -0.858. The summed E-state index contributed by atoms with van der Waals surface area (Å²) in [4.78, 5) is 29.3. The number of carbonyl (C=O) groups is 2. The molecule has 0 radical (unpaired) electrons. The number of piperazine rings is 1. The van der Waals surface area contributed by atoms with Crippen molar-refractivity contribution in [1.82, 2.24) is 14.7 Å². The summed E-state index contributed by atoms with van der Waals surface area (Å²) in [5.41, 5.74) is 0. The van der Waals surface area contributed by atoms with Crippen molar-refractivity contribution in [3.8, 4) is 0 Å². The molecule has 1 saturated heterocycles. The van der Waals surface area contributed by atoms with Gasteiger partial charge in [0.15, 0.2) is 0 Å². The van der Waals surface area contributed by atoms with E-state index in [-0.39, 0.29) is 18.5 Å². The van der Waals surface area contributed by atoms with Crippen LogP contribution in [0.5, 0.6) is 0 Å². The predicted octanol–water partition coefficient (Wildman–Crippen LogP) is 1.32. The van der Waals surface area contributed by atoms with Crippen LogP contribution in [0.1, 0.15) is 33.1 Å². The molecule has 2 aliphatic rings. The van der Waals surface area contributed by atoms with Crippen molar-refractivity contribution < 1.29 is 14.7 Å². The van der Waals surface area contributed by atoms with Gasteiger partial charge in [-0.2, -0.15) is 0 Å². The largest absolute Gasteiger partial charge is 0.481 e. The highest BCUT2D eigenvalue weighted by atomic mass is 16.4. The monoisotopic (exact) mass is 297 g/mol. The molecule has 1 heterocycles. The summed E-state index contributed by atoms with van der Waals surface area (Å²) < 4.78 is 0. The van der Waals surface area contributed by atoms with Crippen LogP contribution in [0.4, 0.5) is 4.79 Å². The Morgan fingerprint density at radius 3 is 2.33 bits per heavy atom. The van der Waals surface area contributed by atoms with Crippen LogP contribution in [0.3, 0.4) is 0 Å². The minimum absolute atomic E-state index is 0.00122. The summed E-state index contributed by atoms with van der Waals surface area (Å²) in [7, 11) is 0. The molecule has 6 nitrogen and oxygen atoms in total. The molecule has 0 aromatic carbocycles. The van der Waals surface area contributed by atoms with Gasteiger partial charge in [0.25, 0.3) is 0 Å². The highest BCUT2D eigenvalue weighted by Gasteiger charge is 2.30. The fourth-order valence-corrected chi connectivity index (χ4v) is 2.97. The molecule has 1 unspecified atom stereocenters. The molecule has 1 N–H and O–H groups in total. The van der Waals surface area contributed by atoms with Gasteiger partial charge in [-0.3, -0.25) is 9.69 Å². The highest BCUT2D eigenvalue weighted by Crippen LogP contribution is 2.30. The zero-order valence-electron chi connectivity index (χ0n) is 13.1. The molecule has 6 heteroatoms. The van der Waals surface area contributed by atoms with Gasteiger partial charge in [-0.1, -0.05) is 0 Å². The molecule has 0 spiro atoms. The van der Waals surface area contributed by atoms with Gasteiger partial charge in [-0.25, -0.2) is 4.79 Å². The smallest absolute Gasteiger partial charge is 0.320 e. The molecule has 2 rings (SSSR count). The first-order valence-corrected chi connectivity index (χ1v) is 8.01. The van der Waals surface area contributed by atoms with E-state index in [4.69, 9.17) is 5.11 Å². The van der Waals surface area contributed by atoms with Crippen LogP contribution in [0.15, 0.2) is 0 Å². The Labute approximate surface area is 126 Å².